The van der Waals surface area contributed by atoms with Gasteiger partial charge in [0.15, 0.2) is 0 Å². The molecule has 0 radical (unpaired) electrons. The summed E-state index contributed by atoms with van der Waals surface area (Å²) in [6, 6.07) is 8.73. The summed E-state index contributed by atoms with van der Waals surface area (Å²) in [5.41, 5.74) is -0.327. The molecule has 1 atom stereocenters. The molecule has 6 nitrogen and oxygen atoms in total. The monoisotopic (exact) mass is 343 g/mol. The minimum atomic E-state index is -1.07. The number of benzene rings is 1. The highest BCUT2D eigenvalue weighted by Crippen LogP contribution is 2.32. The third-order valence-electron chi connectivity index (χ3n) is 5.40. The highest BCUT2D eigenvalue weighted by molar-refractivity contribution is 6.09. The van der Waals surface area contributed by atoms with Crippen molar-refractivity contribution < 1.29 is 14.4 Å². The minimum Gasteiger partial charge on any atom is -0.341 e. The molecule has 4 amide bonds. The van der Waals surface area contributed by atoms with Gasteiger partial charge in [-0.1, -0.05) is 44.2 Å². The Hall–Kier alpha value is -2.37. The van der Waals surface area contributed by atoms with Crippen molar-refractivity contribution in [3.8, 4) is 0 Å². The molecule has 25 heavy (non-hydrogen) atoms. The third kappa shape index (κ3) is 3.13. The van der Waals surface area contributed by atoms with Crippen LogP contribution in [0, 0.1) is 5.92 Å². The van der Waals surface area contributed by atoms with Crippen LogP contribution < -0.4 is 5.32 Å². The summed E-state index contributed by atoms with van der Waals surface area (Å²) >= 11 is 0. The maximum absolute atomic E-state index is 13.0. The summed E-state index contributed by atoms with van der Waals surface area (Å²) < 4.78 is 0. The van der Waals surface area contributed by atoms with E-state index < -0.39 is 11.6 Å². The van der Waals surface area contributed by atoms with E-state index in [0.29, 0.717) is 25.4 Å². The van der Waals surface area contributed by atoms with Gasteiger partial charge in [0.25, 0.3) is 5.91 Å². The zero-order chi connectivity index (χ0) is 18.0. The Bertz CT molecular complexity index is 668. The van der Waals surface area contributed by atoms with Gasteiger partial charge in [0, 0.05) is 13.1 Å². The molecule has 0 bridgehead atoms. The molecule has 1 aromatic carbocycles. The fourth-order valence-corrected chi connectivity index (χ4v) is 3.63. The summed E-state index contributed by atoms with van der Waals surface area (Å²) in [7, 11) is 0. The van der Waals surface area contributed by atoms with Crippen LogP contribution in [0.3, 0.4) is 0 Å². The van der Waals surface area contributed by atoms with Crippen LogP contribution in [-0.2, 0) is 15.1 Å². The molecule has 0 saturated carbocycles. The van der Waals surface area contributed by atoms with Crippen molar-refractivity contribution in [2.75, 3.05) is 19.6 Å². The first-order valence-corrected chi connectivity index (χ1v) is 8.95. The predicted molar refractivity (Wildman–Crippen MR) is 93.6 cm³/mol. The quantitative estimate of drug-likeness (QED) is 0.851. The van der Waals surface area contributed by atoms with Crippen molar-refractivity contribution in [1.82, 2.24) is 15.1 Å². The number of hydrogen-bond acceptors (Lipinski definition) is 3. The molecule has 0 aromatic heterocycles. The normalized spacial score (nSPS) is 24.6. The highest BCUT2D eigenvalue weighted by atomic mass is 16.2. The molecule has 134 valence electrons. The number of carbonyl (C=O) groups is 3. The standard InChI is InChI=1S/C19H25N3O3/c1-3-19(15-7-5-4-6-8-15)17(24)22(18(25)20-19)13-16(23)21-11-9-14(2)10-12-21/h4-8,14H,3,9-13H2,1-2H3,(H,20,25)/t19-/m0/s1. The SMILES string of the molecule is CC[C@@]1(c2ccccc2)NC(=O)N(CC(=O)N2CCC(C)CC2)C1=O. The lowest BCUT2D eigenvalue weighted by Gasteiger charge is -2.31. The van der Waals surface area contributed by atoms with Crippen LogP contribution in [0.4, 0.5) is 4.79 Å². The van der Waals surface area contributed by atoms with Crippen molar-refractivity contribution >= 4 is 17.8 Å². The van der Waals surface area contributed by atoms with Crippen molar-refractivity contribution in [1.29, 1.82) is 0 Å². The Balaban J connectivity index is 1.76. The number of amides is 4. The first kappa shape index (κ1) is 17.5. The summed E-state index contributed by atoms with van der Waals surface area (Å²) in [5.74, 6) is 0.117. The second-order valence-corrected chi connectivity index (χ2v) is 7.01. The van der Waals surface area contributed by atoms with E-state index in [1.165, 1.54) is 0 Å². The number of likely N-dealkylation sites (tertiary alicyclic amines) is 1. The topological polar surface area (TPSA) is 69.7 Å². The first-order valence-electron chi connectivity index (χ1n) is 8.95. The number of nitrogens with one attached hydrogen (secondary N) is 1. The molecule has 0 unspecified atom stereocenters. The maximum atomic E-state index is 13.0. The molecule has 2 aliphatic rings. The molecule has 0 aliphatic carbocycles. The lowest BCUT2D eigenvalue weighted by molar-refractivity contribution is -0.140. The van der Waals surface area contributed by atoms with E-state index in [-0.39, 0.29) is 18.4 Å². The number of hydrogen-bond donors (Lipinski definition) is 1. The zero-order valence-corrected chi connectivity index (χ0v) is 14.8. The molecular weight excluding hydrogens is 318 g/mol. The van der Waals surface area contributed by atoms with Crippen molar-refractivity contribution in [2.24, 2.45) is 5.92 Å². The Labute approximate surface area is 148 Å². The van der Waals surface area contributed by atoms with Crippen LogP contribution in [0.15, 0.2) is 30.3 Å². The number of nitrogens with zero attached hydrogens (tertiary/aromatic N) is 2. The molecule has 2 saturated heterocycles. The molecule has 1 N–H and O–H groups in total. The van der Waals surface area contributed by atoms with Gasteiger partial charge in [-0.3, -0.25) is 14.5 Å². The molecule has 0 spiro atoms. The molecule has 6 heteroatoms. The van der Waals surface area contributed by atoms with Gasteiger partial charge in [0.2, 0.25) is 5.91 Å². The fraction of sp³-hybridized carbons (Fsp3) is 0.526. The van der Waals surface area contributed by atoms with Crippen LogP contribution in [0.2, 0.25) is 0 Å². The van der Waals surface area contributed by atoms with Gasteiger partial charge in [-0.25, -0.2) is 4.79 Å². The minimum absolute atomic E-state index is 0.157. The number of imide groups is 1. The fourth-order valence-electron chi connectivity index (χ4n) is 3.63. The third-order valence-corrected chi connectivity index (χ3v) is 5.40. The summed E-state index contributed by atoms with van der Waals surface area (Å²) in [4.78, 5) is 40.8. The average molecular weight is 343 g/mol. The molecule has 1 aromatic rings. The maximum Gasteiger partial charge on any atom is 0.325 e. The molecule has 2 aliphatic heterocycles. The Morgan fingerprint density at radius 1 is 1.20 bits per heavy atom. The second kappa shape index (κ2) is 6.86. The predicted octanol–water partition coefficient (Wildman–Crippen LogP) is 2.10. The molecule has 2 fully saturated rings. The average Bonchev–Trinajstić information content (AvgIpc) is 2.88. The number of piperidine rings is 1. The van der Waals surface area contributed by atoms with E-state index in [1.807, 2.05) is 37.3 Å². The number of carbonyl (C=O) groups excluding carboxylic acids is 3. The Kier molecular flexibility index (Phi) is 4.79. The van der Waals surface area contributed by atoms with Crippen molar-refractivity contribution in [3.63, 3.8) is 0 Å². The molecule has 2 heterocycles. The smallest absolute Gasteiger partial charge is 0.325 e. The molecular formula is C19H25N3O3. The van der Waals surface area contributed by atoms with Crippen LogP contribution in [0.1, 0.15) is 38.7 Å². The lowest BCUT2D eigenvalue weighted by Crippen LogP contribution is -2.47. The van der Waals surface area contributed by atoms with Gasteiger partial charge in [-0.2, -0.15) is 0 Å². The van der Waals surface area contributed by atoms with E-state index >= 15 is 0 Å². The summed E-state index contributed by atoms with van der Waals surface area (Å²) in [6.45, 7) is 5.24. The number of urea groups is 1. The van der Waals surface area contributed by atoms with Gasteiger partial charge < -0.3 is 10.2 Å². The Morgan fingerprint density at radius 2 is 1.84 bits per heavy atom. The highest BCUT2D eigenvalue weighted by Gasteiger charge is 2.51. The van der Waals surface area contributed by atoms with Gasteiger partial charge in [-0.05, 0) is 30.7 Å². The van der Waals surface area contributed by atoms with Gasteiger partial charge in [0.05, 0.1) is 0 Å². The second-order valence-electron chi connectivity index (χ2n) is 7.01. The van der Waals surface area contributed by atoms with Gasteiger partial charge >= 0.3 is 6.03 Å². The van der Waals surface area contributed by atoms with E-state index in [9.17, 15) is 14.4 Å². The van der Waals surface area contributed by atoms with Crippen LogP contribution in [0.5, 0.6) is 0 Å². The van der Waals surface area contributed by atoms with Crippen molar-refractivity contribution in [3.05, 3.63) is 35.9 Å². The van der Waals surface area contributed by atoms with Crippen LogP contribution in [0.25, 0.3) is 0 Å². The number of rotatable bonds is 4. The van der Waals surface area contributed by atoms with Crippen LogP contribution >= 0.6 is 0 Å². The lowest BCUT2D eigenvalue weighted by atomic mass is 9.87. The van der Waals surface area contributed by atoms with Crippen LogP contribution in [-0.4, -0.2) is 47.3 Å². The van der Waals surface area contributed by atoms with Gasteiger partial charge in [0.1, 0.15) is 12.1 Å². The van der Waals surface area contributed by atoms with Gasteiger partial charge in [-0.15, -0.1) is 0 Å². The zero-order valence-electron chi connectivity index (χ0n) is 14.8. The largest absolute Gasteiger partial charge is 0.341 e. The van der Waals surface area contributed by atoms with E-state index in [4.69, 9.17) is 0 Å². The first-order chi connectivity index (χ1) is 12.0. The van der Waals surface area contributed by atoms with E-state index in [2.05, 4.69) is 12.2 Å². The summed E-state index contributed by atoms with van der Waals surface area (Å²) in [6.07, 6.45) is 2.37. The summed E-state index contributed by atoms with van der Waals surface area (Å²) in [5, 5.41) is 2.82. The van der Waals surface area contributed by atoms with E-state index in [0.717, 1.165) is 23.3 Å². The van der Waals surface area contributed by atoms with Crippen molar-refractivity contribution in [2.45, 2.75) is 38.6 Å². The molecule has 3 rings (SSSR count). The Morgan fingerprint density at radius 3 is 2.44 bits per heavy atom. The van der Waals surface area contributed by atoms with E-state index in [1.54, 1.807) is 4.90 Å².